The van der Waals surface area contributed by atoms with Crippen LogP contribution < -0.4 is 10.6 Å². The van der Waals surface area contributed by atoms with Crippen molar-refractivity contribution < 1.29 is 19.5 Å². The highest BCUT2D eigenvalue weighted by Crippen LogP contribution is 2.23. The third-order valence-corrected chi connectivity index (χ3v) is 7.02. The van der Waals surface area contributed by atoms with Crippen LogP contribution in [0.4, 0.5) is 0 Å². The second-order valence-electron chi connectivity index (χ2n) is 8.06. The van der Waals surface area contributed by atoms with Crippen molar-refractivity contribution in [3.63, 3.8) is 0 Å². The van der Waals surface area contributed by atoms with Crippen LogP contribution in [0.25, 0.3) is 0 Å². The topological polar surface area (TPSA) is 98.7 Å². The third kappa shape index (κ3) is 6.27. The van der Waals surface area contributed by atoms with Crippen molar-refractivity contribution in [2.24, 2.45) is 11.8 Å². The molecular formula is C21H31N3O4S. The van der Waals surface area contributed by atoms with Crippen molar-refractivity contribution in [2.45, 2.75) is 44.4 Å². The van der Waals surface area contributed by atoms with Crippen LogP contribution >= 0.6 is 11.3 Å². The van der Waals surface area contributed by atoms with Gasteiger partial charge in [-0.3, -0.25) is 14.4 Å². The molecule has 7 nitrogen and oxygen atoms in total. The molecule has 3 rings (SSSR count). The molecule has 0 radical (unpaired) electrons. The van der Waals surface area contributed by atoms with E-state index in [4.69, 9.17) is 0 Å². The molecule has 0 saturated carbocycles. The lowest BCUT2D eigenvalue weighted by atomic mass is 9.92. The van der Waals surface area contributed by atoms with Crippen LogP contribution in [0.15, 0.2) is 17.5 Å². The zero-order valence-corrected chi connectivity index (χ0v) is 17.6. The van der Waals surface area contributed by atoms with E-state index in [1.807, 2.05) is 16.3 Å². The number of carbonyl (C=O) groups excluding carboxylic acids is 2. The molecule has 2 atom stereocenters. The van der Waals surface area contributed by atoms with Gasteiger partial charge in [0.15, 0.2) is 0 Å². The van der Waals surface area contributed by atoms with Gasteiger partial charge in [0.05, 0.1) is 5.92 Å². The molecule has 160 valence electrons. The SMILES string of the molecule is O=C(NCC(C(=O)O)c1cccs1)C1CCCN(C(=O)CCC2CCNCC2)C1. The average Bonchev–Trinajstić information content (AvgIpc) is 3.27. The van der Waals surface area contributed by atoms with E-state index in [0.29, 0.717) is 25.4 Å². The number of carboxylic acid groups (broad SMARTS) is 1. The van der Waals surface area contributed by atoms with Gasteiger partial charge in [0.25, 0.3) is 0 Å². The van der Waals surface area contributed by atoms with Crippen LogP contribution in [-0.2, 0) is 14.4 Å². The summed E-state index contributed by atoms with van der Waals surface area (Å²) in [6.45, 7) is 3.30. The molecule has 2 aliphatic heterocycles. The molecule has 2 aliphatic rings. The summed E-state index contributed by atoms with van der Waals surface area (Å²) in [5.41, 5.74) is 0. The van der Waals surface area contributed by atoms with E-state index >= 15 is 0 Å². The lowest BCUT2D eigenvalue weighted by Crippen LogP contribution is -2.46. The molecule has 0 aromatic carbocycles. The monoisotopic (exact) mass is 421 g/mol. The van der Waals surface area contributed by atoms with Crippen LogP contribution in [0.1, 0.15) is 49.3 Å². The second-order valence-corrected chi connectivity index (χ2v) is 9.04. The average molecular weight is 422 g/mol. The minimum absolute atomic E-state index is 0.0782. The Morgan fingerprint density at radius 3 is 2.76 bits per heavy atom. The minimum atomic E-state index is -0.939. The maximum absolute atomic E-state index is 12.6. The maximum Gasteiger partial charge on any atom is 0.313 e. The number of likely N-dealkylation sites (tertiary alicyclic amines) is 1. The van der Waals surface area contributed by atoms with E-state index in [-0.39, 0.29) is 24.3 Å². The minimum Gasteiger partial charge on any atom is -0.481 e. The first-order chi connectivity index (χ1) is 14.0. The quantitative estimate of drug-likeness (QED) is 0.597. The van der Waals surface area contributed by atoms with E-state index < -0.39 is 11.9 Å². The molecule has 29 heavy (non-hydrogen) atoms. The first kappa shape index (κ1) is 21.8. The molecule has 0 aliphatic carbocycles. The molecule has 8 heteroatoms. The molecule has 0 bridgehead atoms. The van der Waals surface area contributed by atoms with Gasteiger partial charge in [-0.1, -0.05) is 6.07 Å². The first-order valence-corrected chi connectivity index (χ1v) is 11.4. The van der Waals surface area contributed by atoms with Gasteiger partial charge in [0.1, 0.15) is 5.92 Å². The van der Waals surface area contributed by atoms with E-state index in [9.17, 15) is 19.5 Å². The zero-order chi connectivity index (χ0) is 20.6. The molecule has 1 aromatic rings. The molecule has 2 amide bonds. The fraction of sp³-hybridized carbons (Fsp3) is 0.667. The van der Waals surface area contributed by atoms with Gasteiger partial charge < -0.3 is 20.6 Å². The van der Waals surface area contributed by atoms with Crippen LogP contribution in [0.2, 0.25) is 0 Å². The molecular weight excluding hydrogens is 390 g/mol. The van der Waals surface area contributed by atoms with Gasteiger partial charge in [-0.25, -0.2) is 0 Å². The Kier molecular flexibility index (Phi) is 8.06. The highest BCUT2D eigenvalue weighted by molar-refractivity contribution is 7.10. The Labute approximate surface area is 175 Å². The summed E-state index contributed by atoms with van der Waals surface area (Å²) in [6.07, 6.45) is 5.29. The molecule has 1 aromatic heterocycles. The van der Waals surface area contributed by atoms with E-state index in [2.05, 4.69) is 10.6 Å². The Hall–Kier alpha value is -1.93. The summed E-state index contributed by atoms with van der Waals surface area (Å²) >= 11 is 1.38. The Balaban J connectivity index is 1.45. The molecule has 2 saturated heterocycles. The summed E-state index contributed by atoms with van der Waals surface area (Å²) < 4.78 is 0. The standard InChI is InChI=1S/C21H31N3O4S/c25-19(6-5-15-7-9-22-10-8-15)24-11-1-3-16(14-24)20(26)23-13-17(21(27)28)18-4-2-12-29-18/h2,4,12,15-17,22H,1,3,5-11,13-14H2,(H,23,26)(H,27,28). The molecule has 2 fully saturated rings. The van der Waals surface area contributed by atoms with Crippen LogP contribution in [0.3, 0.4) is 0 Å². The van der Waals surface area contributed by atoms with Crippen LogP contribution in [0, 0.1) is 11.8 Å². The molecule has 3 heterocycles. The number of nitrogens with one attached hydrogen (secondary N) is 2. The zero-order valence-electron chi connectivity index (χ0n) is 16.8. The fourth-order valence-corrected chi connectivity index (χ4v) is 5.04. The van der Waals surface area contributed by atoms with Crippen molar-refractivity contribution >= 4 is 29.1 Å². The van der Waals surface area contributed by atoms with Gasteiger partial charge in [-0.2, -0.15) is 0 Å². The molecule has 2 unspecified atom stereocenters. The smallest absolute Gasteiger partial charge is 0.313 e. The van der Waals surface area contributed by atoms with Crippen molar-refractivity contribution in [1.82, 2.24) is 15.5 Å². The number of rotatable bonds is 8. The Bertz CT molecular complexity index is 688. The van der Waals surface area contributed by atoms with Gasteiger partial charge in [-0.15, -0.1) is 11.3 Å². The van der Waals surface area contributed by atoms with E-state index in [1.54, 1.807) is 6.07 Å². The fourth-order valence-electron chi connectivity index (χ4n) is 4.22. The van der Waals surface area contributed by atoms with Gasteiger partial charge in [-0.05, 0) is 62.6 Å². The second kappa shape index (κ2) is 10.7. The van der Waals surface area contributed by atoms with Crippen LogP contribution in [-0.4, -0.2) is 60.5 Å². The predicted molar refractivity (Wildman–Crippen MR) is 112 cm³/mol. The number of hydrogen-bond acceptors (Lipinski definition) is 5. The normalized spacial score (nSPS) is 21.5. The van der Waals surface area contributed by atoms with Crippen LogP contribution in [0.5, 0.6) is 0 Å². The number of amides is 2. The molecule has 0 spiro atoms. The largest absolute Gasteiger partial charge is 0.481 e. The highest BCUT2D eigenvalue weighted by atomic mass is 32.1. The number of aliphatic carboxylic acids is 1. The van der Waals surface area contributed by atoms with Crippen molar-refractivity contribution in [1.29, 1.82) is 0 Å². The summed E-state index contributed by atoms with van der Waals surface area (Å²) in [5, 5.41) is 17.4. The maximum atomic E-state index is 12.6. The first-order valence-electron chi connectivity index (χ1n) is 10.6. The van der Waals surface area contributed by atoms with Crippen molar-refractivity contribution in [3.05, 3.63) is 22.4 Å². The Morgan fingerprint density at radius 2 is 2.07 bits per heavy atom. The van der Waals surface area contributed by atoms with Gasteiger partial charge in [0.2, 0.25) is 11.8 Å². The van der Waals surface area contributed by atoms with Gasteiger partial charge >= 0.3 is 5.97 Å². The predicted octanol–water partition coefficient (Wildman–Crippen LogP) is 2.05. The van der Waals surface area contributed by atoms with Crippen molar-refractivity contribution in [2.75, 3.05) is 32.7 Å². The lowest BCUT2D eigenvalue weighted by Gasteiger charge is -2.33. The summed E-state index contributed by atoms with van der Waals surface area (Å²) in [4.78, 5) is 39.3. The number of carbonyl (C=O) groups is 3. The number of piperidine rings is 2. The Morgan fingerprint density at radius 1 is 1.28 bits per heavy atom. The van der Waals surface area contributed by atoms with E-state index in [0.717, 1.165) is 50.1 Å². The van der Waals surface area contributed by atoms with E-state index in [1.165, 1.54) is 11.3 Å². The lowest BCUT2D eigenvalue weighted by molar-refractivity contribution is -0.138. The number of thiophene rings is 1. The summed E-state index contributed by atoms with van der Waals surface area (Å²) in [5.74, 6) is -1.32. The third-order valence-electron chi connectivity index (χ3n) is 6.04. The summed E-state index contributed by atoms with van der Waals surface area (Å²) in [6, 6.07) is 3.59. The number of nitrogens with zero attached hydrogens (tertiary/aromatic N) is 1. The van der Waals surface area contributed by atoms with Crippen molar-refractivity contribution in [3.8, 4) is 0 Å². The highest BCUT2D eigenvalue weighted by Gasteiger charge is 2.30. The number of hydrogen-bond donors (Lipinski definition) is 3. The summed E-state index contributed by atoms with van der Waals surface area (Å²) in [7, 11) is 0. The van der Waals surface area contributed by atoms with Gasteiger partial charge in [0, 0.05) is 30.9 Å². The molecule has 3 N–H and O–H groups in total. The number of carboxylic acids is 1.